The molecule has 0 radical (unpaired) electrons. The second-order valence-electron chi connectivity index (χ2n) is 13.4. The average molecular weight is 663 g/mol. The van der Waals surface area contributed by atoms with E-state index in [1.807, 2.05) is 0 Å². The van der Waals surface area contributed by atoms with Gasteiger partial charge in [-0.2, -0.15) is 0 Å². The minimum atomic E-state index is 1.11. The van der Waals surface area contributed by atoms with Gasteiger partial charge in [-0.15, -0.1) is 0 Å². The minimum Gasteiger partial charge on any atom is -0.310 e. The van der Waals surface area contributed by atoms with Crippen molar-refractivity contribution in [3.05, 3.63) is 206 Å². The molecular formula is C50H34N2. The van der Waals surface area contributed by atoms with Crippen LogP contribution in [0.3, 0.4) is 0 Å². The second kappa shape index (κ2) is 12.5. The molecule has 0 aliphatic heterocycles. The summed E-state index contributed by atoms with van der Waals surface area (Å²) in [6.07, 6.45) is 0. The van der Waals surface area contributed by atoms with E-state index >= 15 is 0 Å². The quantitative estimate of drug-likeness (QED) is 0.161. The van der Waals surface area contributed by atoms with Gasteiger partial charge in [0.25, 0.3) is 0 Å². The molecule has 0 N–H and O–H groups in total. The molecule has 2 nitrogen and oxygen atoms in total. The lowest BCUT2D eigenvalue weighted by atomic mass is 9.99. The van der Waals surface area contributed by atoms with E-state index in [9.17, 15) is 0 Å². The molecule has 9 aromatic carbocycles. The molecule has 0 amide bonds. The number of hydrogen-bond donors (Lipinski definition) is 0. The zero-order valence-electron chi connectivity index (χ0n) is 28.5. The number of benzene rings is 9. The number of nitrogens with zero attached hydrogens (tertiary/aromatic N) is 2. The summed E-state index contributed by atoms with van der Waals surface area (Å²) < 4.78 is 2.37. The summed E-state index contributed by atoms with van der Waals surface area (Å²) in [6.45, 7) is 0. The van der Waals surface area contributed by atoms with E-state index in [-0.39, 0.29) is 0 Å². The van der Waals surface area contributed by atoms with E-state index < -0.39 is 0 Å². The Bertz CT molecular complexity index is 2890. The van der Waals surface area contributed by atoms with Gasteiger partial charge in [0, 0.05) is 33.4 Å². The number of anilines is 3. The van der Waals surface area contributed by atoms with Crippen LogP contribution in [-0.4, -0.2) is 4.57 Å². The lowest BCUT2D eigenvalue weighted by molar-refractivity contribution is 1.18. The molecule has 0 atom stereocenters. The molecule has 0 unspecified atom stereocenters. The molecule has 1 heterocycles. The van der Waals surface area contributed by atoms with Gasteiger partial charge in [-0.3, -0.25) is 0 Å². The largest absolute Gasteiger partial charge is 0.310 e. The molecule has 52 heavy (non-hydrogen) atoms. The predicted molar refractivity (Wildman–Crippen MR) is 221 cm³/mol. The molecule has 0 bridgehead atoms. The Hall–Kier alpha value is -6.90. The Balaban J connectivity index is 1.12. The van der Waals surface area contributed by atoms with Crippen molar-refractivity contribution in [1.29, 1.82) is 0 Å². The van der Waals surface area contributed by atoms with Crippen molar-refractivity contribution >= 4 is 60.4 Å². The summed E-state index contributed by atoms with van der Waals surface area (Å²) >= 11 is 0. The number of rotatable bonds is 6. The molecular weight excluding hydrogens is 629 g/mol. The molecule has 0 saturated heterocycles. The second-order valence-corrected chi connectivity index (χ2v) is 13.4. The Morgan fingerprint density at radius 1 is 0.327 bits per heavy atom. The van der Waals surface area contributed by atoms with Crippen LogP contribution in [0.25, 0.3) is 71.3 Å². The van der Waals surface area contributed by atoms with Gasteiger partial charge in [0.05, 0.1) is 16.7 Å². The molecule has 10 rings (SSSR count). The number of fused-ring (bicyclic) bond motifs is 6. The standard InChI is InChI=1S/C50H34N2/c1-3-13-36(14-4-1)44-19-9-11-21-48(44)51(42-31-27-38-24-23-37-15-7-8-18-43(37)46(38)34-42)41-29-25-35(26-30-41)39-28-32-50-47(33-39)45-20-10-12-22-49(45)52(50)40-16-5-2-6-17-40/h1-34H. The monoisotopic (exact) mass is 662 g/mol. The molecule has 0 saturated carbocycles. The smallest absolute Gasteiger partial charge is 0.0541 e. The van der Waals surface area contributed by atoms with E-state index in [0.29, 0.717) is 0 Å². The Labute approximate surface area is 303 Å². The van der Waals surface area contributed by atoms with Crippen LogP contribution >= 0.6 is 0 Å². The van der Waals surface area contributed by atoms with Gasteiger partial charge in [0.2, 0.25) is 0 Å². The first kappa shape index (κ1) is 30.0. The average Bonchev–Trinajstić information content (AvgIpc) is 3.56. The summed E-state index contributed by atoms with van der Waals surface area (Å²) in [5, 5.41) is 7.50. The van der Waals surface area contributed by atoms with E-state index in [1.165, 1.54) is 71.3 Å². The van der Waals surface area contributed by atoms with Crippen LogP contribution < -0.4 is 4.90 Å². The molecule has 0 aliphatic carbocycles. The van der Waals surface area contributed by atoms with Gasteiger partial charge in [0.1, 0.15) is 0 Å². The van der Waals surface area contributed by atoms with Crippen LogP contribution in [-0.2, 0) is 0 Å². The van der Waals surface area contributed by atoms with Crippen molar-refractivity contribution in [2.24, 2.45) is 0 Å². The Morgan fingerprint density at radius 2 is 0.923 bits per heavy atom. The van der Waals surface area contributed by atoms with Crippen LogP contribution in [0, 0.1) is 0 Å². The van der Waals surface area contributed by atoms with Crippen molar-refractivity contribution in [2.45, 2.75) is 0 Å². The highest BCUT2D eigenvalue weighted by Gasteiger charge is 2.19. The third-order valence-electron chi connectivity index (χ3n) is 10.4. The zero-order valence-corrected chi connectivity index (χ0v) is 28.5. The predicted octanol–water partition coefficient (Wildman–Crippen LogP) is 13.9. The third-order valence-corrected chi connectivity index (χ3v) is 10.4. The highest BCUT2D eigenvalue weighted by Crippen LogP contribution is 2.43. The first-order valence-corrected chi connectivity index (χ1v) is 17.9. The lowest BCUT2D eigenvalue weighted by Crippen LogP contribution is -2.11. The molecule has 0 aliphatic rings. The van der Waals surface area contributed by atoms with E-state index in [1.54, 1.807) is 0 Å². The molecule has 10 aromatic rings. The molecule has 0 fully saturated rings. The maximum absolute atomic E-state index is 2.41. The van der Waals surface area contributed by atoms with Crippen LogP contribution in [0.1, 0.15) is 0 Å². The maximum atomic E-state index is 2.41. The summed E-state index contributed by atoms with van der Waals surface area (Å²) in [5.74, 6) is 0. The fourth-order valence-corrected chi connectivity index (χ4v) is 7.90. The van der Waals surface area contributed by atoms with E-state index in [2.05, 4.69) is 216 Å². The summed E-state index contributed by atoms with van der Waals surface area (Å²) in [5.41, 5.74) is 11.7. The highest BCUT2D eigenvalue weighted by molar-refractivity contribution is 6.11. The number of aromatic nitrogens is 1. The third kappa shape index (κ3) is 5.04. The number of para-hydroxylation sites is 3. The summed E-state index contributed by atoms with van der Waals surface area (Å²) in [7, 11) is 0. The highest BCUT2D eigenvalue weighted by atomic mass is 15.1. The molecule has 244 valence electrons. The van der Waals surface area contributed by atoms with Gasteiger partial charge < -0.3 is 9.47 Å². The van der Waals surface area contributed by atoms with Crippen LogP contribution in [0.4, 0.5) is 17.1 Å². The normalized spacial score (nSPS) is 11.5. The first-order valence-electron chi connectivity index (χ1n) is 17.9. The van der Waals surface area contributed by atoms with Gasteiger partial charge in [-0.25, -0.2) is 0 Å². The maximum Gasteiger partial charge on any atom is 0.0541 e. The molecule has 1 aromatic heterocycles. The Kier molecular flexibility index (Phi) is 7.18. The van der Waals surface area contributed by atoms with Crippen molar-refractivity contribution < 1.29 is 0 Å². The minimum absolute atomic E-state index is 1.11. The van der Waals surface area contributed by atoms with Crippen molar-refractivity contribution in [3.8, 4) is 27.9 Å². The van der Waals surface area contributed by atoms with E-state index in [0.717, 1.165) is 17.1 Å². The van der Waals surface area contributed by atoms with Gasteiger partial charge in [-0.05, 0) is 98.9 Å². The topological polar surface area (TPSA) is 8.17 Å². The molecule has 0 spiro atoms. The van der Waals surface area contributed by atoms with Crippen molar-refractivity contribution in [2.75, 3.05) is 4.90 Å². The zero-order chi connectivity index (χ0) is 34.4. The van der Waals surface area contributed by atoms with Crippen molar-refractivity contribution in [1.82, 2.24) is 4.57 Å². The summed E-state index contributed by atoms with van der Waals surface area (Å²) in [6, 6.07) is 74.7. The molecule has 2 heteroatoms. The number of hydrogen-bond acceptors (Lipinski definition) is 1. The van der Waals surface area contributed by atoms with Crippen LogP contribution in [0.15, 0.2) is 206 Å². The van der Waals surface area contributed by atoms with Gasteiger partial charge in [0.15, 0.2) is 0 Å². The fourth-order valence-electron chi connectivity index (χ4n) is 7.90. The SMILES string of the molecule is c1ccc(-c2ccccc2N(c2ccc(-c3ccc4c(c3)c3ccccc3n4-c3ccccc3)cc2)c2ccc3ccc4ccccc4c3c2)cc1. The van der Waals surface area contributed by atoms with Gasteiger partial charge in [-0.1, -0.05) is 146 Å². The van der Waals surface area contributed by atoms with Crippen LogP contribution in [0.5, 0.6) is 0 Å². The lowest BCUT2D eigenvalue weighted by Gasteiger charge is -2.28. The van der Waals surface area contributed by atoms with Crippen LogP contribution in [0.2, 0.25) is 0 Å². The van der Waals surface area contributed by atoms with Crippen molar-refractivity contribution in [3.63, 3.8) is 0 Å². The van der Waals surface area contributed by atoms with Gasteiger partial charge >= 0.3 is 0 Å². The fraction of sp³-hybridized carbons (Fsp3) is 0. The Morgan fingerprint density at radius 3 is 1.75 bits per heavy atom. The first-order chi connectivity index (χ1) is 25.8. The van der Waals surface area contributed by atoms with E-state index in [4.69, 9.17) is 0 Å². The summed E-state index contributed by atoms with van der Waals surface area (Å²) in [4.78, 5) is 2.41.